The molecule has 2 aliphatic rings. The molecule has 2 aliphatic heterocycles. The summed E-state index contributed by atoms with van der Waals surface area (Å²) in [5.74, 6) is 2.11. The molecule has 2 unspecified atom stereocenters. The van der Waals surface area contributed by atoms with Crippen molar-refractivity contribution < 1.29 is 0 Å². The zero-order valence-corrected chi connectivity index (χ0v) is 9.37. The fourth-order valence-electron chi connectivity index (χ4n) is 2.83. The Hall–Kier alpha value is -0.830. The molecule has 0 saturated carbocycles. The van der Waals surface area contributed by atoms with E-state index < -0.39 is 0 Å². The van der Waals surface area contributed by atoms with E-state index in [0.29, 0.717) is 6.04 Å². The summed E-state index contributed by atoms with van der Waals surface area (Å²) >= 11 is 0. The third kappa shape index (κ3) is 1.59. The number of rotatable bonds is 1. The van der Waals surface area contributed by atoms with Gasteiger partial charge in [-0.25, -0.2) is 4.98 Å². The van der Waals surface area contributed by atoms with Crippen molar-refractivity contribution >= 4 is 0 Å². The first-order valence-corrected chi connectivity index (χ1v) is 6.12. The summed E-state index contributed by atoms with van der Waals surface area (Å²) in [7, 11) is 0. The lowest BCUT2D eigenvalue weighted by Crippen LogP contribution is -2.23. The zero-order valence-electron chi connectivity index (χ0n) is 9.37. The Morgan fingerprint density at radius 1 is 1.47 bits per heavy atom. The van der Waals surface area contributed by atoms with Crippen LogP contribution in [0.2, 0.25) is 0 Å². The summed E-state index contributed by atoms with van der Waals surface area (Å²) in [6.45, 7) is 4.68. The quantitative estimate of drug-likeness (QED) is 0.758. The number of imidazole rings is 1. The summed E-state index contributed by atoms with van der Waals surface area (Å²) in [5.41, 5.74) is 1.43. The molecule has 0 amide bonds. The first kappa shape index (κ1) is 9.40. The third-order valence-corrected chi connectivity index (χ3v) is 3.74. The topological polar surface area (TPSA) is 29.9 Å². The predicted molar refractivity (Wildman–Crippen MR) is 59.7 cm³/mol. The van der Waals surface area contributed by atoms with Crippen molar-refractivity contribution in [3.05, 3.63) is 17.7 Å². The van der Waals surface area contributed by atoms with E-state index >= 15 is 0 Å². The lowest BCUT2D eigenvalue weighted by atomic mass is 10.0. The van der Waals surface area contributed by atoms with Gasteiger partial charge in [0.1, 0.15) is 5.82 Å². The molecule has 0 radical (unpaired) electrons. The van der Waals surface area contributed by atoms with Crippen molar-refractivity contribution in [2.24, 2.45) is 5.92 Å². The number of aromatic nitrogens is 2. The van der Waals surface area contributed by atoms with Crippen LogP contribution in [-0.2, 0) is 13.0 Å². The molecule has 0 spiro atoms. The minimum Gasteiger partial charge on any atom is -0.330 e. The van der Waals surface area contributed by atoms with Crippen LogP contribution in [-0.4, -0.2) is 16.1 Å². The van der Waals surface area contributed by atoms with Gasteiger partial charge in [-0.15, -0.1) is 0 Å². The van der Waals surface area contributed by atoms with Crippen LogP contribution in [0.3, 0.4) is 0 Å². The normalized spacial score (nSPS) is 30.5. The monoisotopic (exact) mass is 205 g/mol. The van der Waals surface area contributed by atoms with Crippen molar-refractivity contribution in [1.29, 1.82) is 0 Å². The van der Waals surface area contributed by atoms with Gasteiger partial charge in [0.2, 0.25) is 0 Å². The Kier molecular flexibility index (Phi) is 2.28. The van der Waals surface area contributed by atoms with Crippen LogP contribution < -0.4 is 5.32 Å². The lowest BCUT2D eigenvalue weighted by Gasteiger charge is -2.24. The Morgan fingerprint density at radius 2 is 2.40 bits per heavy atom. The molecule has 0 aromatic carbocycles. The molecule has 1 saturated heterocycles. The number of nitrogens with zero attached hydrogens (tertiary/aromatic N) is 2. The van der Waals surface area contributed by atoms with Gasteiger partial charge in [-0.2, -0.15) is 0 Å². The van der Waals surface area contributed by atoms with E-state index in [1.54, 1.807) is 0 Å². The minimum atomic E-state index is 0.566. The van der Waals surface area contributed by atoms with E-state index in [4.69, 9.17) is 0 Å². The Bertz CT molecular complexity index is 350. The molecule has 1 N–H and O–H groups in total. The highest BCUT2D eigenvalue weighted by Gasteiger charge is 2.24. The molecule has 0 bridgehead atoms. The molecule has 3 heterocycles. The average molecular weight is 205 g/mol. The van der Waals surface area contributed by atoms with Gasteiger partial charge in [0.15, 0.2) is 0 Å². The van der Waals surface area contributed by atoms with Crippen molar-refractivity contribution in [3.63, 3.8) is 0 Å². The molecule has 15 heavy (non-hydrogen) atoms. The molecule has 1 fully saturated rings. The highest BCUT2D eigenvalue weighted by Crippen LogP contribution is 2.28. The maximum Gasteiger partial charge on any atom is 0.108 e. The van der Waals surface area contributed by atoms with Gasteiger partial charge in [-0.3, -0.25) is 0 Å². The molecule has 0 aliphatic carbocycles. The van der Waals surface area contributed by atoms with Crippen LogP contribution in [0.15, 0.2) is 6.20 Å². The van der Waals surface area contributed by atoms with Gasteiger partial charge in [-0.1, -0.05) is 6.92 Å². The number of hydrogen-bond acceptors (Lipinski definition) is 2. The van der Waals surface area contributed by atoms with Crippen LogP contribution in [0.25, 0.3) is 0 Å². The summed E-state index contributed by atoms with van der Waals surface area (Å²) in [4.78, 5) is 4.56. The maximum absolute atomic E-state index is 4.56. The highest BCUT2D eigenvalue weighted by atomic mass is 15.1. The highest BCUT2D eigenvalue weighted by molar-refractivity contribution is 5.13. The second kappa shape index (κ2) is 3.63. The van der Waals surface area contributed by atoms with E-state index in [-0.39, 0.29) is 0 Å². The summed E-state index contributed by atoms with van der Waals surface area (Å²) in [6, 6.07) is 0.566. The summed E-state index contributed by atoms with van der Waals surface area (Å²) in [5, 5.41) is 3.56. The molecular weight excluding hydrogens is 186 g/mol. The van der Waals surface area contributed by atoms with Gasteiger partial charge in [0.05, 0.1) is 11.9 Å². The predicted octanol–water partition coefficient (Wildman–Crippen LogP) is 1.89. The van der Waals surface area contributed by atoms with E-state index in [0.717, 1.165) is 12.3 Å². The van der Waals surface area contributed by atoms with Gasteiger partial charge in [-0.05, 0) is 31.7 Å². The zero-order chi connectivity index (χ0) is 10.3. The standard InChI is InChI=1S/C12H19N3/c1-9-4-5-12-14-7-11(15(12)8-9)10-3-2-6-13-10/h7,9-10,13H,2-6,8H2,1H3. The Morgan fingerprint density at radius 3 is 3.20 bits per heavy atom. The average Bonchev–Trinajstić information content (AvgIpc) is 2.83. The number of aryl methyl sites for hydroxylation is 1. The van der Waals surface area contributed by atoms with Gasteiger partial charge in [0.25, 0.3) is 0 Å². The molecule has 82 valence electrons. The fourth-order valence-corrected chi connectivity index (χ4v) is 2.83. The number of hydrogen-bond donors (Lipinski definition) is 1. The molecule has 2 atom stereocenters. The number of fused-ring (bicyclic) bond motifs is 1. The van der Waals surface area contributed by atoms with E-state index in [1.807, 2.05) is 0 Å². The first-order chi connectivity index (χ1) is 7.34. The number of nitrogens with one attached hydrogen (secondary N) is 1. The molecule has 3 nitrogen and oxygen atoms in total. The summed E-state index contributed by atoms with van der Waals surface area (Å²) in [6.07, 6.45) is 7.14. The molecule has 3 rings (SSSR count). The van der Waals surface area contributed by atoms with E-state index in [9.17, 15) is 0 Å². The van der Waals surface area contributed by atoms with E-state index in [1.165, 1.54) is 43.9 Å². The minimum absolute atomic E-state index is 0.566. The second-order valence-electron chi connectivity index (χ2n) is 5.00. The summed E-state index contributed by atoms with van der Waals surface area (Å²) < 4.78 is 2.46. The SMILES string of the molecule is CC1CCc2ncc(C3CCCN3)n2C1. The van der Waals surface area contributed by atoms with Crippen molar-refractivity contribution in [2.45, 2.75) is 45.2 Å². The third-order valence-electron chi connectivity index (χ3n) is 3.74. The Balaban J connectivity index is 1.92. The first-order valence-electron chi connectivity index (χ1n) is 6.12. The van der Waals surface area contributed by atoms with Crippen molar-refractivity contribution in [3.8, 4) is 0 Å². The molecule has 3 heteroatoms. The van der Waals surface area contributed by atoms with Crippen LogP contribution in [0.1, 0.15) is 43.7 Å². The van der Waals surface area contributed by atoms with Crippen LogP contribution in [0.5, 0.6) is 0 Å². The van der Waals surface area contributed by atoms with Crippen molar-refractivity contribution in [1.82, 2.24) is 14.9 Å². The Labute approximate surface area is 90.9 Å². The lowest BCUT2D eigenvalue weighted by molar-refractivity contribution is 0.378. The fraction of sp³-hybridized carbons (Fsp3) is 0.750. The van der Waals surface area contributed by atoms with Gasteiger partial charge in [0, 0.05) is 19.0 Å². The molecule has 1 aromatic rings. The van der Waals surface area contributed by atoms with Crippen LogP contribution in [0.4, 0.5) is 0 Å². The van der Waals surface area contributed by atoms with E-state index in [2.05, 4.69) is 28.0 Å². The van der Waals surface area contributed by atoms with Gasteiger partial charge >= 0.3 is 0 Å². The largest absolute Gasteiger partial charge is 0.330 e. The molecular formula is C12H19N3. The van der Waals surface area contributed by atoms with Gasteiger partial charge < -0.3 is 9.88 Å². The maximum atomic E-state index is 4.56. The second-order valence-corrected chi connectivity index (χ2v) is 5.00. The molecule has 1 aromatic heterocycles. The smallest absolute Gasteiger partial charge is 0.108 e. The van der Waals surface area contributed by atoms with Crippen LogP contribution in [0, 0.1) is 5.92 Å². The van der Waals surface area contributed by atoms with Crippen LogP contribution >= 0.6 is 0 Å². The van der Waals surface area contributed by atoms with Crippen molar-refractivity contribution in [2.75, 3.05) is 6.54 Å².